The smallest absolute Gasteiger partial charge is 0.0876 e. The highest BCUT2D eigenvalue weighted by Crippen LogP contribution is 2.26. The average Bonchev–Trinajstić information content (AvgIpc) is 2.71. The van der Waals surface area contributed by atoms with Gasteiger partial charge < -0.3 is 10.5 Å². The van der Waals surface area contributed by atoms with Crippen molar-refractivity contribution in [1.82, 2.24) is 9.59 Å². The Kier molecular flexibility index (Phi) is 2.56. The van der Waals surface area contributed by atoms with E-state index in [-0.39, 0.29) is 6.04 Å². The fourth-order valence-electron chi connectivity index (χ4n) is 1.31. The van der Waals surface area contributed by atoms with Crippen LogP contribution < -0.4 is 5.73 Å². The van der Waals surface area contributed by atoms with E-state index < -0.39 is 0 Å². The van der Waals surface area contributed by atoms with Gasteiger partial charge in [-0.05, 0) is 29.9 Å². The monoisotopic (exact) mass is 197 g/mol. The molecular weight excluding hydrogens is 186 g/mol. The van der Waals surface area contributed by atoms with Crippen molar-refractivity contribution in [1.29, 1.82) is 0 Å². The molecule has 0 bridgehead atoms. The predicted octanol–water partition coefficient (Wildman–Crippen LogP) is 1.23. The lowest BCUT2D eigenvalue weighted by Crippen LogP contribution is -2.15. The molecule has 1 aromatic rings. The summed E-state index contributed by atoms with van der Waals surface area (Å²) in [7, 11) is 0. The molecule has 0 fully saturated rings. The zero-order valence-electron chi connectivity index (χ0n) is 7.14. The van der Waals surface area contributed by atoms with Crippen LogP contribution in [0.15, 0.2) is 18.0 Å². The molecule has 0 saturated heterocycles. The second kappa shape index (κ2) is 3.85. The van der Waals surface area contributed by atoms with Gasteiger partial charge in [-0.15, -0.1) is 5.10 Å². The zero-order chi connectivity index (χ0) is 9.10. The van der Waals surface area contributed by atoms with E-state index in [0.717, 1.165) is 29.9 Å². The van der Waals surface area contributed by atoms with E-state index in [1.54, 1.807) is 12.5 Å². The molecule has 0 aromatic carbocycles. The summed E-state index contributed by atoms with van der Waals surface area (Å²) in [6.45, 7) is 0.803. The Morgan fingerprint density at radius 1 is 1.62 bits per heavy atom. The van der Waals surface area contributed by atoms with Gasteiger partial charge in [-0.3, -0.25) is 0 Å². The van der Waals surface area contributed by atoms with Gasteiger partial charge in [0.25, 0.3) is 0 Å². The van der Waals surface area contributed by atoms with Crippen molar-refractivity contribution < 1.29 is 4.74 Å². The minimum absolute atomic E-state index is 0.0831. The Labute approximate surface area is 80.6 Å². The zero-order valence-corrected chi connectivity index (χ0v) is 7.96. The molecule has 1 aliphatic heterocycles. The molecule has 0 saturated carbocycles. The highest BCUT2D eigenvalue weighted by atomic mass is 32.1. The molecule has 2 rings (SSSR count). The van der Waals surface area contributed by atoms with Crippen molar-refractivity contribution in [2.24, 2.45) is 5.73 Å². The summed E-state index contributed by atoms with van der Waals surface area (Å²) >= 11 is 1.34. The average molecular weight is 197 g/mol. The van der Waals surface area contributed by atoms with Crippen LogP contribution in [-0.4, -0.2) is 16.2 Å². The first-order valence-electron chi connectivity index (χ1n) is 4.21. The van der Waals surface area contributed by atoms with E-state index in [9.17, 15) is 0 Å². The van der Waals surface area contributed by atoms with Crippen molar-refractivity contribution in [3.8, 4) is 0 Å². The predicted molar refractivity (Wildman–Crippen MR) is 50.1 cm³/mol. The fourth-order valence-corrected chi connectivity index (χ4v) is 1.86. The Morgan fingerprint density at radius 2 is 2.54 bits per heavy atom. The number of hydrogen-bond donors (Lipinski definition) is 1. The number of ether oxygens (including phenoxy) is 1. The number of hydrogen-bond acceptors (Lipinski definition) is 5. The van der Waals surface area contributed by atoms with E-state index in [2.05, 4.69) is 9.59 Å². The van der Waals surface area contributed by atoms with Crippen LogP contribution in [0, 0.1) is 0 Å². The first-order valence-corrected chi connectivity index (χ1v) is 4.98. The van der Waals surface area contributed by atoms with Gasteiger partial charge in [-0.1, -0.05) is 4.49 Å². The molecule has 2 heterocycles. The van der Waals surface area contributed by atoms with Gasteiger partial charge in [0.2, 0.25) is 0 Å². The minimum Gasteiger partial charge on any atom is -0.501 e. The Balaban J connectivity index is 2.12. The van der Waals surface area contributed by atoms with Gasteiger partial charge >= 0.3 is 0 Å². The minimum atomic E-state index is -0.0831. The van der Waals surface area contributed by atoms with Crippen LogP contribution in [0.25, 0.3) is 0 Å². The highest BCUT2D eigenvalue weighted by molar-refractivity contribution is 7.05. The van der Waals surface area contributed by atoms with Crippen LogP contribution in [-0.2, 0) is 4.74 Å². The van der Waals surface area contributed by atoms with Gasteiger partial charge in [0.1, 0.15) is 0 Å². The first kappa shape index (κ1) is 8.65. The number of nitrogens with two attached hydrogens (primary N) is 1. The summed E-state index contributed by atoms with van der Waals surface area (Å²) in [6, 6.07) is -0.0831. The van der Waals surface area contributed by atoms with Gasteiger partial charge in [0.15, 0.2) is 0 Å². The van der Waals surface area contributed by atoms with Crippen LogP contribution in [0.3, 0.4) is 0 Å². The van der Waals surface area contributed by atoms with Gasteiger partial charge in [0.05, 0.1) is 30.0 Å². The van der Waals surface area contributed by atoms with Crippen LogP contribution in [0.5, 0.6) is 0 Å². The Hall–Kier alpha value is -0.940. The van der Waals surface area contributed by atoms with E-state index >= 15 is 0 Å². The van der Waals surface area contributed by atoms with Gasteiger partial charge in [0, 0.05) is 0 Å². The standard InChI is InChI=1S/C8H11N3OS/c9-8(7-4-10-11-13-7)6-2-1-3-12-5-6/h4-5,8H,1-3,9H2. The molecule has 1 unspecified atom stereocenters. The van der Waals surface area contributed by atoms with Gasteiger partial charge in [-0.2, -0.15) is 0 Å². The molecule has 70 valence electrons. The third-order valence-electron chi connectivity index (χ3n) is 2.05. The molecule has 0 aliphatic carbocycles. The summed E-state index contributed by atoms with van der Waals surface area (Å²) in [5.41, 5.74) is 7.13. The van der Waals surface area contributed by atoms with E-state index in [0.29, 0.717) is 0 Å². The maximum atomic E-state index is 6.00. The molecule has 4 nitrogen and oxygen atoms in total. The van der Waals surface area contributed by atoms with Crippen molar-refractivity contribution in [2.75, 3.05) is 6.61 Å². The fraction of sp³-hybridized carbons (Fsp3) is 0.500. The lowest BCUT2D eigenvalue weighted by molar-refractivity contribution is 0.221. The van der Waals surface area contributed by atoms with E-state index in [4.69, 9.17) is 10.5 Å². The van der Waals surface area contributed by atoms with Crippen molar-refractivity contribution in [2.45, 2.75) is 18.9 Å². The Morgan fingerprint density at radius 3 is 3.15 bits per heavy atom. The van der Waals surface area contributed by atoms with Crippen molar-refractivity contribution in [3.05, 3.63) is 22.9 Å². The molecule has 1 aliphatic rings. The highest BCUT2D eigenvalue weighted by Gasteiger charge is 2.16. The van der Waals surface area contributed by atoms with Crippen LogP contribution in [0.4, 0.5) is 0 Å². The van der Waals surface area contributed by atoms with Crippen LogP contribution >= 0.6 is 11.5 Å². The second-order valence-corrected chi connectivity index (χ2v) is 3.78. The summed E-state index contributed by atoms with van der Waals surface area (Å²) in [4.78, 5) is 0.997. The summed E-state index contributed by atoms with van der Waals surface area (Å²) in [5.74, 6) is 0. The first-order chi connectivity index (χ1) is 6.38. The van der Waals surface area contributed by atoms with Crippen LogP contribution in [0.1, 0.15) is 23.8 Å². The lowest BCUT2D eigenvalue weighted by Gasteiger charge is -2.17. The normalized spacial score (nSPS) is 19.0. The maximum Gasteiger partial charge on any atom is 0.0876 e. The summed E-state index contributed by atoms with van der Waals surface area (Å²) in [5, 5.41) is 3.76. The molecule has 13 heavy (non-hydrogen) atoms. The number of rotatable bonds is 2. The SMILES string of the molecule is NC(C1=COCCC1)c1cnns1. The molecule has 5 heteroatoms. The number of aromatic nitrogens is 2. The van der Waals surface area contributed by atoms with E-state index in [1.807, 2.05) is 0 Å². The maximum absolute atomic E-state index is 6.00. The molecule has 0 amide bonds. The Bertz CT molecular complexity index is 296. The number of nitrogens with zero attached hydrogens (tertiary/aromatic N) is 2. The van der Waals surface area contributed by atoms with Crippen molar-refractivity contribution >= 4 is 11.5 Å². The molecule has 1 atom stereocenters. The van der Waals surface area contributed by atoms with Crippen LogP contribution in [0.2, 0.25) is 0 Å². The van der Waals surface area contributed by atoms with Crippen molar-refractivity contribution in [3.63, 3.8) is 0 Å². The molecule has 1 aromatic heterocycles. The van der Waals surface area contributed by atoms with Gasteiger partial charge in [-0.25, -0.2) is 0 Å². The largest absolute Gasteiger partial charge is 0.501 e. The summed E-state index contributed by atoms with van der Waals surface area (Å²) in [6.07, 6.45) is 5.55. The summed E-state index contributed by atoms with van der Waals surface area (Å²) < 4.78 is 9.00. The third-order valence-corrected chi connectivity index (χ3v) is 2.79. The molecule has 0 radical (unpaired) electrons. The third kappa shape index (κ3) is 1.87. The lowest BCUT2D eigenvalue weighted by atomic mass is 10.0. The molecule has 2 N–H and O–H groups in total. The molecular formula is C8H11N3OS. The second-order valence-electron chi connectivity index (χ2n) is 2.96. The quantitative estimate of drug-likeness (QED) is 0.774. The topological polar surface area (TPSA) is 61.0 Å². The van der Waals surface area contributed by atoms with E-state index in [1.165, 1.54) is 11.5 Å². The molecule has 0 spiro atoms.